The number of halogens is 3. The second-order valence-corrected chi connectivity index (χ2v) is 7.70. The van der Waals surface area contributed by atoms with E-state index in [1.54, 1.807) is 36.4 Å². The molecule has 2 amide bonds. The largest absolute Gasteiger partial charge is 0.480 e. The lowest BCUT2D eigenvalue weighted by Crippen LogP contribution is -2.39. The van der Waals surface area contributed by atoms with E-state index < -0.39 is 29.5 Å². The smallest absolute Gasteiger partial charge is 0.264 e. The van der Waals surface area contributed by atoms with Gasteiger partial charge in [-0.25, -0.2) is 13.2 Å². The Hall–Kier alpha value is -3.81. The fraction of sp³-hybridized carbons (Fsp3) is 0.200. The lowest BCUT2D eigenvalue weighted by atomic mass is 10.1. The molecule has 0 bridgehead atoms. The summed E-state index contributed by atoms with van der Waals surface area (Å²) in [5, 5.41) is 2.58. The summed E-state index contributed by atoms with van der Waals surface area (Å²) in [6.07, 6.45) is -0.305. The minimum absolute atomic E-state index is 0.0577. The predicted molar refractivity (Wildman–Crippen MR) is 116 cm³/mol. The zero-order valence-corrected chi connectivity index (χ0v) is 17.8. The molecular weight excluding hydrogens is 433 g/mol. The lowest BCUT2D eigenvalue weighted by Gasteiger charge is -2.23. The van der Waals surface area contributed by atoms with Gasteiger partial charge in [-0.2, -0.15) is 0 Å². The van der Waals surface area contributed by atoms with E-state index in [1.807, 2.05) is 6.92 Å². The van der Waals surface area contributed by atoms with Crippen LogP contribution >= 0.6 is 0 Å². The minimum atomic E-state index is -0.974. The summed E-state index contributed by atoms with van der Waals surface area (Å²) in [6, 6.07) is 13.7. The highest BCUT2D eigenvalue weighted by atomic mass is 19.1. The lowest BCUT2D eigenvalue weighted by molar-refractivity contribution is -0.139. The van der Waals surface area contributed by atoms with Gasteiger partial charge >= 0.3 is 0 Å². The summed E-state index contributed by atoms with van der Waals surface area (Å²) in [5.41, 5.74) is 1.03. The second kappa shape index (κ2) is 9.36. The minimum Gasteiger partial charge on any atom is -0.480 e. The van der Waals surface area contributed by atoms with Crippen LogP contribution in [-0.2, 0) is 17.9 Å². The molecule has 5 nitrogen and oxygen atoms in total. The van der Waals surface area contributed by atoms with Gasteiger partial charge in [0.05, 0.1) is 5.56 Å². The van der Waals surface area contributed by atoms with Gasteiger partial charge in [0.2, 0.25) is 0 Å². The van der Waals surface area contributed by atoms with Crippen molar-refractivity contribution in [1.29, 1.82) is 0 Å². The molecule has 170 valence electrons. The molecule has 3 aromatic rings. The first kappa shape index (κ1) is 22.4. The normalized spacial score (nSPS) is 15.5. The molecule has 1 aliphatic heterocycles. The van der Waals surface area contributed by atoms with Crippen LogP contribution in [0.25, 0.3) is 0 Å². The molecule has 8 heteroatoms. The maximum atomic E-state index is 14.2. The Bertz CT molecular complexity index is 1220. The van der Waals surface area contributed by atoms with E-state index in [1.165, 1.54) is 11.0 Å². The average Bonchev–Trinajstić information content (AvgIpc) is 2.91. The Kier molecular flexibility index (Phi) is 6.35. The number of ether oxygens (including phenoxy) is 1. The van der Waals surface area contributed by atoms with Crippen molar-refractivity contribution >= 4 is 17.5 Å². The molecule has 3 aromatic carbocycles. The number of hydrogen-bond acceptors (Lipinski definition) is 3. The van der Waals surface area contributed by atoms with Crippen molar-refractivity contribution in [2.24, 2.45) is 0 Å². The Morgan fingerprint density at radius 1 is 1.06 bits per heavy atom. The van der Waals surface area contributed by atoms with Crippen molar-refractivity contribution in [3.63, 3.8) is 0 Å². The van der Waals surface area contributed by atoms with Gasteiger partial charge in [0, 0.05) is 36.0 Å². The number of carbonyl (C=O) groups is 2. The molecule has 0 aliphatic carbocycles. The van der Waals surface area contributed by atoms with Gasteiger partial charge in [-0.3, -0.25) is 9.59 Å². The molecule has 0 spiro atoms. The monoisotopic (exact) mass is 454 g/mol. The van der Waals surface area contributed by atoms with Gasteiger partial charge in [-0.1, -0.05) is 25.1 Å². The highest BCUT2D eigenvalue weighted by Crippen LogP contribution is 2.30. The average molecular weight is 454 g/mol. The number of rotatable bonds is 5. The molecule has 0 aromatic heterocycles. The van der Waals surface area contributed by atoms with Crippen molar-refractivity contribution in [2.45, 2.75) is 32.5 Å². The Labute approximate surface area is 188 Å². The summed E-state index contributed by atoms with van der Waals surface area (Å²) >= 11 is 0. The van der Waals surface area contributed by atoms with Gasteiger partial charge in [0.1, 0.15) is 23.2 Å². The zero-order chi connectivity index (χ0) is 23.5. The molecule has 4 rings (SSSR count). The van der Waals surface area contributed by atoms with Crippen LogP contribution in [0.4, 0.5) is 18.9 Å². The summed E-state index contributed by atoms with van der Waals surface area (Å²) in [6.45, 7) is 2.01. The third kappa shape index (κ3) is 4.84. The molecule has 1 atom stereocenters. The fourth-order valence-electron chi connectivity index (χ4n) is 3.68. The van der Waals surface area contributed by atoms with Crippen molar-refractivity contribution in [3.05, 3.63) is 94.8 Å². The summed E-state index contributed by atoms with van der Waals surface area (Å²) in [4.78, 5) is 27.0. The second-order valence-electron chi connectivity index (χ2n) is 7.70. The van der Waals surface area contributed by atoms with Crippen molar-refractivity contribution < 1.29 is 27.5 Å². The number of benzene rings is 3. The van der Waals surface area contributed by atoms with Crippen LogP contribution in [0.3, 0.4) is 0 Å². The molecule has 1 heterocycles. The molecule has 1 aliphatic rings. The Balaban J connectivity index is 1.61. The number of anilines is 1. The third-order valence-corrected chi connectivity index (χ3v) is 5.40. The molecule has 1 N–H and O–H groups in total. The predicted octanol–water partition coefficient (Wildman–Crippen LogP) is 5.06. The summed E-state index contributed by atoms with van der Waals surface area (Å²) in [5.74, 6) is -2.71. The van der Waals surface area contributed by atoms with Crippen molar-refractivity contribution in [3.8, 4) is 5.75 Å². The number of carbonyl (C=O) groups excluding carboxylic acids is 2. The van der Waals surface area contributed by atoms with E-state index in [0.717, 1.165) is 12.1 Å². The number of hydrogen-bond donors (Lipinski definition) is 1. The van der Waals surface area contributed by atoms with Crippen molar-refractivity contribution in [1.82, 2.24) is 4.90 Å². The maximum absolute atomic E-state index is 14.2. The molecule has 1 unspecified atom stereocenters. The van der Waals surface area contributed by atoms with Crippen LogP contribution < -0.4 is 10.1 Å². The van der Waals surface area contributed by atoms with E-state index in [0.29, 0.717) is 35.1 Å². The van der Waals surface area contributed by atoms with Gasteiger partial charge in [0.25, 0.3) is 11.8 Å². The molecule has 0 radical (unpaired) electrons. The first-order valence-corrected chi connectivity index (χ1v) is 10.4. The standard InChI is InChI=1S/C25H21F3N2O3/c1-2-22-25(32)30(13-15-5-3-4-6-20(15)27)14-16-11-18(8-10-23(16)33-22)29-24(31)19-9-7-17(26)12-21(19)28/h3-12,22H,2,13-14H2,1H3,(H,29,31). The Morgan fingerprint density at radius 2 is 1.85 bits per heavy atom. The summed E-state index contributed by atoms with van der Waals surface area (Å²) in [7, 11) is 0. The van der Waals surface area contributed by atoms with E-state index in [9.17, 15) is 22.8 Å². The van der Waals surface area contributed by atoms with E-state index >= 15 is 0 Å². The fourth-order valence-corrected chi connectivity index (χ4v) is 3.68. The van der Waals surface area contributed by atoms with E-state index in [4.69, 9.17) is 4.74 Å². The quantitative estimate of drug-likeness (QED) is 0.587. The number of fused-ring (bicyclic) bond motifs is 1. The number of nitrogens with one attached hydrogen (secondary N) is 1. The topological polar surface area (TPSA) is 58.6 Å². The van der Waals surface area contributed by atoms with Gasteiger partial charge in [-0.05, 0) is 42.8 Å². The molecule has 0 saturated carbocycles. The van der Waals surface area contributed by atoms with E-state index in [2.05, 4.69) is 5.32 Å². The zero-order valence-electron chi connectivity index (χ0n) is 17.8. The number of nitrogens with zero attached hydrogens (tertiary/aromatic N) is 1. The summed E-state index contributed by atoms with van der Waals surface area (Å²) < 4.78 is 47.2. The molecule has 0 fully saturated rings. The van der Waals surface area contributed by atoms with Crippen LogP contribution in [0.15, 0.2) is 60.7 Å². The van der Waals surface area contributed by atoms with Gasteiger partial charge < -0.3 is 15.0 Å². The SMILES string of the molecule is CCC1Oc2ccc(NC(=O)c3ccc(F)cc3F)cc2CN(Cc2ccccc2F)C1=O. The van der Waals surface area contributed by atoms with E-state index in [-0.39, 0.29) is 24.6 Å². The third-order valence-electron chi connectivity index (χ3n) is 5.40. The van der Waals surface area contributed by atoms with Gasteiger partial charge in [-0.15, -0.1) is 0 Å². The van der Waals surface area contributed by atoms with Crippen LogP contribution in [0.5, 0.6) is 5.75 Å². The highest BCUT2D eigenvalue weighted by molar-refractivity contribution is 6.04. The molecular formula is C25H21F3N2O3. The highest BCUT2D eigenvalue weighted by Gasteiger charge is 2.30. The van der Waals surface area contributed by atoms with Gasteiger partial charge in [0.15, 0.2) is 6.10 Å². The van der Waals surface area contributed by atoms with Crippen LogP contribution in [-0.4, -0.2) is 22.8 Å². The number of amides is 2. The first-order valence-electron chi connectivity index (χ1n) is 10.4. The molecule has 33 heavy (non-hydrogen) atoms. The van der Waals surface area contributed by atoms with Crippen molar-refractivity contribution in [2.75, 3.05) is 5.32 Å². The first-order chi connectivity index (χ1) is 15.9. The van der Waals surface area contributed by atoms with Crippen LogP contribution in [0.1, 0.15) is 34.8 Å². The maximum Gasteiger partial charge on any atom is 0.264 e. The van der Waals surface area contributed by atoms with Crippen LogP contribution in [0.2, 0.25) is 0 Å². The Morgan fingerprint density at radius 3 is 2.58 bits per heavy atom. The van der Waals surface area contributed by atoms with Crippen LogP contribution in [0, 0.1) is 17.5 Å². The molecule has 0 saturated heterocycles.